The van der Waals surface area contributed by atoms with E-state index in [-0.39, 0.29) is 18.0 Å². The molecule has 6 nitrogen and oxygen atoms in total. The molecular weight excluding hydrogens is 393 g/mol. The maximum Gasteiger partial charge on any atom is 0.433 e. The molecule has 3 heterocycles. The Balaban J connectivity index is 1.42. The van der Waals surface area contributed by atoms with E-state index in [4.69, 9.17) is 4.98 Å². The van der Waals surface area contributed by atoms with Crippen molar-refractivity contribution in [2.45, 2.75) is 44.4 Å². The Kier molecular flexibility index (Phi) is 4.48. The molecule has 3 aromatic rings. The number of para-hydroxylation sites is 2. The molecule has 1 atom stereocenters. The first-order chi connectivity index (χ1) is 14.4. The molecule has 1 saturated heterocycles. The molecule has 0 radical (unpaired) electrons. The van der Waals surface area contributed by atoms with E-state index >= 15 is 0 Å². The van der Waals surface area contributed by atoms with Crippen LogP contribution in [-0.2, 0) is 6.18 Å². The van der Waals surface area contributed by atoms with Crippen LogP contribution in [-0.4, -0.2) is 45.1 Å². The van der Waals surface area contributed by atoms with Crippen LogP contribution in [0.25, 0.3) is 11.0 Å². The predicted molar refractivity (Wildman–Crippen MR) is 107 cm³/mol. The van der Waals surface area contributed by atoms with Gasteiger partial charge in [-0.1, -0.05) is 12.1 Å². The molecule has 0 N–H and O–H groups in total. The molecular formula is C21H21F3N6. The number of hydrogen-bond donors (Lipinski definition) is 0. The number of alkyl halides is 3. The third-order valence-electron chi connectivity index (χ3n) is 5.68. The van der Waals surface area contributed by atoms with Crippen molar-refractivity contribution < 1.29 is 13.2 Å². The third kappa shape index (κ3) is 3.53. The number of nitrogens with zero attached hydrogens (tertiary/aromatic N) is 6. The molecule has 5 rings (SSSR count). The highest BCUT2D eigenvalue weighted by molar-refractivity contribution is 5.76. The second-order valence-electron chi connectivity index (χ2n) is 7.89. The predicted octanol–water partition coefficient (Wildman–Crippen LogP) is 3.99. The average molecular weight is 414 g/mol. The topological polar surface area (TPSA) is 58.0 Å². The summed E-state index contributed by atoms with van der Waals surface area (Å²) >= 11 is 0. The van der Waals surface area contributed by atoms with Gasteiger partial charge in [-0.2, -0.15) is 13.2 Å². The lowest BCUT2D eigenvalue weighted by molar-refractivity contribution is -0.141. The van der Waals surface area contributed by atoms with E-state index in [9.17, 15) is 13.2 Å². The van der Waals surface area contributed by atoms with E-state index in [1.54, 1.807) is 0 Å². The highest BCUT2D eigenvalue weighted by Crippen LogP contribution is 2.36. The Morgan fingerprint density at radius 3 is 2.40 bits per heavy atom. The van der Waals surface area contributed by atoms with Gasteiger partial charge < -0.3 is 9.80 Å². The lowest BCUT2D eigenvalue weighted by Crippen LogP contribution is -2.41. The minimum atomic E-state index is -4.48. The minimum Gasteiger partial charge on any atom is -0.353 e. The second kappa shape index (κ2) is 7.07. The molecule has 0 bridgehead atoms. The zero-order valence-electron chi connectivity index (χ0n) is 16.5. The third-order valence-corrected chi connectivity index (χ3v) is 5.68. The fourth-order valence-electron chi connectivity index (χ4n) is 4.15. The molecule has 1 aliphatic heterocycles. The van der Waals surface area contributed by atoms with Crippen LogP contribution in [0.2, 0.25) is 0 Å². The summed E-state index contributed by atoms with van der Waals surface area (Å²) in [5, 5.41) is 0. The van der Waals surface area contributed by atoms with Gasteiger partial charge in [0.05, 0.1) is 22.8 Å². The summed E-state index contributed by atoms with van der Waals surface area (Å²) in [5.74, 6) is 0.998. The smallest absolute Gasteiger partial charge is 0.353 e. The van der Waals surface area contributed by atoms with Gasteiger partial charge in [0, 0.05) is 25.3 Å². The summed E-state index contributed by atoms with van der Waals surface area (Å²) < 4.78 is 39.4. The van der Waals surface area contributed by atoms with Gasteiger partial charge in [-0.3, -0.25) is 0 Å². The molecule has 0 spiro atoms. The highest BCUT2D eigenvalue weighted by atomic mass is 19.4. The van der Waals surface area contributed by atoms with E-state index in [2.05, 4.69) is 19.9 Å². The van der Waals surface area contributed by atoms with E-state index in [0.29, 0.717) is 6.54 Å². The van der Waals surface area contributed by atoms with E-state index < -0.39 is 11.9 Å². The number of benzene rings is 1. The van der Waals surface area contributed by atoms with Crippen LogP contribution in [0.5, 0.6) is 0 Å². The maximum absolute atomic E-state index is 13.1. The molecule has 9 heteroatoms. The van der Waals surface area contributed by atoms with E-state index in [1.165, 1.54) is 6.20 Å². The summed E-state index contributed by atoms with van der Waals surface area (Å²) in [5.41, 5.74) is 1.64. The Bertz CT molecular complexity index is 1080. The maximum atomic E-state index is 13.1. The molecule has 1 aliphatic carbocycles. The molecule has 2 aliphatic rings. The van der Waals surface area contributed by atoms with Gasteiger partial charge in [0.1, 0.15) is 5.69 Å². The number of hydrogen-bond acceptors (Lipinski definition) is 6. The number of fused-ring (bicyclic) bond motifs is 1. The van der Waals surface area contributed by atoms with Crippen molar-refractivity contribution in [3.05, 3.63) is 47.9 Å². The number of rotatable bonds is 4. The average Bonchev–Trinajstić information content (AvgIpc) is 3.43. The van der Waals surface area contributed by atoms with Crippen LogP contribution in [0.4, 0.5) is 24.9 Å². The van der Waals surface area contributed by atoms with Gasteiger partial charge in [0.25, 0.3) is 0 Å². The van der Waals surface area contributed by atoms with Crippen LogP contribution in [0.1, 0.15) is 30.7 Å². The van der Waals surface area contributed by atoms with Crippen LogP contribution in [0.3, 0.4) is 0 Å². The Labute approximate surface area is 171 Å². The number of anilines is 2. The molecule has 1 aromatic carbocycles. The molecule has 2 aromatic heterocycles. The highest BCUT2D eigenvalue weighted by Gasteiger charge is 2.41. The number of aryl methyl sites for hydroxylation is 1. The molecule has 2 fully saturated rings. The van der Waals surface area contributed by atoms with Crippen LogP contribution in [0.15, 0.2) is 36.5 Å². The first kappa shape index (κ1) is 19.0. The van der Waals surface area contributed by atoms with Gasteiger partial charge in [-0.05, 0) is 44.4 Å². The van der Waals surface area contributed by atoms with Crippen molar-refractivity contribution >= 4 is 22.8 Å². The largest absolute Gasteiger partial charge is 0.433 e. The Morgan fingerprint density at radius 1 is 0.967 bits per heavy atom. The fourth-order valence-corrected chi connectivity index (χ4v) is 4.15. The summed E-state index contributed by atoms with van der Waals surface area (Å²) in [6.45, 7) is 3.36. The quantitative estimate of drug-likeness (QED) is 0.643. The lowest BCUT2D eigenvalue weighted by Gasteiger charge is -2.30. The van der Waals surface area contributed by atoms with Gasteiger partial charge in [-0.25, -0.2) is 19.9 Å². The van der Waals surface area contributed by atoms with Crippen LogP contribution < -0.4 is 9.80 Å². The molecule has 0 amide bonds. The molecule has 156 valence electrons. The van der Waals surface area contributed by atoms with Gasteiger partial charge in [-0.15, -0.1) is 0 Å². The zero-order valence-corrected chi connectivity index (χ0v) is 16.5. The van der Waals surface area contributed by atoms with Crippen molar-refractivity contribution in [1.82, 2.24) is 19.9 Å². The summed E-state index contributed by atoms with van der Waals surface area (Å²) in [7, 11) is 0. The minimum absolute atomic E-state index is 0.0358. The number of halogens is 3. The second-order valence-corrected chi connectivity index (χ2v) is 7.89. The zero-order chi connectivity index (χ0) is 20.9. The monoisotopic (exact) mass is 414 g/mol. The van der Waals surface area contributed by atoms with Crippen molar-refractivity contribution in [1.29, 1.82) is 0 Å². The molecule has 30 heavy (non-hydrogen) atoms. The Morgan fingerprint density at radius 2 is 1.70 bits per heavy atom. The standard InChI is InChI=1S/C21H21F3N6/c1-13-19(27-17-5-3-2-4-16(17)26-13)29-11-9-15(12-29)30(14-6-7-14)20-25-10-8-18(28-20)21(22,23)24/h2-5,8,10,14-15H,6-7,9,11-12H2,1H3. The van der Waals surface area contributed by atoms with Crippen LogP contribution >= 0.6 is 0 Å². The van der Waals surface area contributed by atoms with Crippen molar-refractivity contribution in [2.75, 3.05) is 22.9 Å². The van der Waals surface area contributed by atoms with Gasteiger partial charge >= 0.3 is 6.18 Å². The van der Waals surface area contributed by atoms with Crippen LogP contribution in [0, 0.1) is 6.92 Å². The first-order valence-corrected chi connectivity index (χ1v) is 10.1. The number of aromatic nitrogens is 4. The van der Waals surface area contributed by atoms with Crippen molar-refractivity contribution in [3.63, 3.8) is 0 Å². The van der Waals surface area contributed by atoms with Crippen molar-refractivity contribution in [3.8, 4) is 0 Å². The lowest BCUT2D eigenvalue weighted by atomic mass is 10.2. The van der Waals surface area contributed by atoms with E-state index in [0.717, 1.165) is 54.4 Å². The van der Waals surface area contributed by atoms with Gasteiger partial charge in [0.15, 0.2) is 5.82 Å². The molecule has 1 unspecified atom stereocenters. The molecule has 1 saturated carbocycles. The summed E-state index contributed by atoms with van der Waals surface area (Å²) in [6, 6.07) is 8.89. The fraction of sp³-hybridized carbons (Fsp3) is 0.429. The normalized spacial score (nSPS) is 19.5. The SMILES string of the molecule is Cc1nc2ccccc2nc1N1CCC(N(c2nccc(C(F)(F)F)n2)C2CC2)C1. The van der Waals surface area contributed by atoms with Crippen molar-refractivity contribution in [2.24, 2.45) is 0 Å². The first-order valence-electron chi connectivity index (χ1n) is 10.1. The summed E-state index contributed by atoms with van der Waals surface area (Å²) in [4.78, 5) is 21.6. The van der Waals surface area contributed by atoms with E-state index in [1.807, 2.05) is 36.1 Å². The summed E-state index contributed by atoms with van der Waals surface area (Å²) in [6.07, 6.45) is -0.571. The van der Waals surface area contributed by atoms with Gasteiger partial charge in [0.2, 0.25) is 5.95 Å². The Hall–Kier alpha value is -2.97.